The topological polar surface area (TPSA) is 81.7 Å². The van der Waals surface area contributed by atoms with E-state index in [4.69, 9.17) is 0 Å². The van der Waals surface area contributed by atoms with Crippen molar-refractivity contribution < 1.29 is 23.9 Å². The van der Waals surface area contributed by atoms with Gasteiger partial charge in [0.1, 0.15) is 0 Å². The minimum absolute atomic E-state index is 0.133. The van der Waals surface area contributed by atoms with Crippen LogP contribution in [0.3, 0.4) is 0 Å². The highest BCUT2D eigenvalue weighted by atomic mass is 16.5. The van der Waals surface area contributed by atoms with Crippen molar-refractivity contribution in [3.05, 3.63) is 70.8 Å². The van der Waals surface area contributed by atoms with Gasteiger partial charge < -0.3 is 14.8 Å². The van der Waals surface area contributed by atoms with Crippen LogP contribution in [0.4, 0.5) is 5.69 Å². The van der Waals surface area contributed by atoms with Crippen LogP contribution in [0.5, 0.6) is 0 Å². The maximum absolute atomic E-state index is 12.1. The van der Waals surface area contributed by atoms with Gasteiger partial charge in [0.05, 0.1) is 25.3 Å². The standard InChI is InChI=1S/C20H19NO5/c1-13-5-4-6-14(9-13)7-8-18(22)21-17-11-15(19(23)25-2)10-16(12-17)20(24)26-3/h4-12H,1-3H3,(H,21,22). The average molecular weight is 353 g/mol. The molecule has 0 aliphatic rings. The van der Waals surface area contributed by atoms with E-state index < -0.39 is 17.8 Å². The molecule has 1 N–H and O–H groups in total. The highest BCUT2D eigenvalue weighted by molar-refractivity contribution is 6.04. The van der Waals surface area contributed by atoms with Gasteiger partial charge in [0.2, 0.25) is 5.91 Å². The Morgan fingerprint density at radius 3 is 2.08 bits per heavy atom. The average Bonchev–Trinajstić information content (AvgIpc) is 2.64. The molecule has 26 heavy (non-hydrogen) atoms. The summed E-state index contributed by atoms with van der Waals surface area (Å²) in [5.74, 6) is -1.65. The molecular formula is C20H19NO5. The molecule has 2 aromatic rings. The van der Waals surface area contributed by atoms with E-state index in [0.717, 1.165) is 11.1 Å². The number of esters is 2. The number of carbonyl (C=O) groups is 3. The molecule has 0 unspecified atom stereocenters. The first-order valence-electron chi connectivity index (χ1n) is 7.80. The van der Waals surface area contributed by atoms with Crippen LogP contribution >= 0.6 is 0 Å². The van der Waals surface area contributed by atoms with Crippen LogP contribution in [-0.2, 0) is 14.3 Å². The Balaban J connectivity index is 2.22. The molecule has 0 radical (unpaired) electrons. The van der Waals surface area contributed by atoms with Gasteiger partial charge in [-0.3, -0.25) is 4.79 Å². The zero-order valence-electron chi connectivity index (χ0n) is 14.7. The maximum Gasteiger partial charge on any atom is 0.337 e. The van der Waals surface area contributed by atoms with Gasteiger partial charge in [-0.05, 0) is 36.8 Å². The third-order valence-electron chi connectivity index (χ3n) is 3.51. The van der Waals surface area contributed by atoms with E-state index in [0.29, 0.717) is 0 Å². The van der Waals surface area contributed by atoms with E-state index in [1.54, 1.807) is 6.08 Å². The number of hydrogen-bond acceptors (Lipinski definition) is 5. The molecule has 0 atom stereocenters. The summed E-state index contributed by atoms with van der Waals surface area (Å²) in [5, 5.41) is 2.62. The number of nitrogens with one attached hydrogen (secondary N) is 1. The zero-order chi connectivity index (χ0) is 19.1. The zero-order valence-corrected chi connectivity index (χ0v) is 14.7. The summed E-state index contributed by atoms with van der Waals surface area (Å²) in [6.07, 6.45) is 3.05. The van der Waals surface area contributed by atoms with Crippen molar-refractivity contribution in [3.63, 3.8) is 0 Å². The van der Waals surface area contributed by atoms with Gasteiger partial charge in [0.25, 0.3) is 0 Å². The molecule has 6 heteroatoms. The molecule has 2 aromatic carbocycles. The van der Waals surface area contributed by atoms with E-state index in [9.17, 15) is 14.4 Å². The molecule has 134 valence electrons. The Morgan fingerprint density at radius 2 is 1.54 bits per heavy atom. The number of aryl methyl sites for hydroxylation is 1. The predicted molar refractivity (Wildman–Crippen MR) is 98.0 cm³/mol. The number of methoxy groups -OCH3 is 2. The van der Waals surface area contributed by atoms with Crippen molar-refractivity contribution in [1.29, 1.82) is 0 Å². The smallest absolute Gasteiger partial charge is 0.337 e. The number of rotatable bonds is 5. The molecule has 0 fully saturated rings. The molecule has 0 heterocycles. The van der Waals surface area contributed by atoms with Crippen LogP contribution in [0.25, 0.3) is 6.08 Å². The lowest BCUT2D eigenvalue weighted by Gasteiger charge is -2.08. The lowest BCUT2D eigenvalue weighted by molar-refractivity contribution is -0.111. The van der Waals surface area contributed by atoms with Crippen molar-refractivity contribution >= 4 is 29.6 Å². The Hall–Kier alpha value is -3.41. The van der Waals surface area contributed by atoms with Crippen molar-refractivity contribution in [2.24, 2.45) is 0 Å². The molecule has 0 saturated carbocycles. The molecule has 0 spiro atoms. The van der Waals surface area contributed by atoms with Crippen LogP contribution in [-0.4, -0.2) is 32.1 Å². The third kappa shape index (κ3) is 5.04. The quantitative estimate of drug-likeness (QED) is 0.659. The summed E-state index contributed by atoms with van der Waals surface area (Å²) < 4.78 is 9.33. The van der Waals surface area contributed by atoms with Crippen molar-refractivity contribution in [1.82, 2.24) is 0 Å². The first-order valence-corrected chi connectivity index (χ1v) is 7.80. The Kier molecular flexibility index (Phi) is 6.27. The second kappa shape index (κ2) is 8.62. The van der Waals surface area contributed by atoms with Crippen LogP contribution in [0, 0.1) is 6.92 Å². The highest BCUT2D eigenvalue weighted by Gasteiger charge is 2.14. The monoisotopic (exact) mass is 353 g/mol. The fourth-order valence-electron chi connectivity index (χ4n) is 2.30. The summed E-state index contributed by atoms with van der Waals surface area (Å²) in [5.41, 5.74) is 2.52. The van der Waals surface area contributed by atoms with E-state index in [2.05, 4.69) is 14.8 Å². The van der Waals surface area contributed by atoms with Gasteiger partial charge in [-0.25, -0.2) is 9.59 Å². The minimum atomic E-state index is -0.624. The third-order valence-corrected chi connectivity index (χ3v) is 3.51. The molecule has 0 aliphatic carbocycles. The van der Waals surface area contributed by atoms with E-state index in [1.165, 1.54) is 38.5 Å². The fraction of sp³-hybridized carbons (Fsp3) is 0.150. The summed E-state index contributed by atoms with van der Waals surface area (Å²) in [6, 6.07) is 11.9. The van der Waals surface area contributed by atoms with Crippen molar-refractivity contribution in [2.45, 2.75) is 6.92 Å². The second-order valence-electron chi connectivity index (χ2n) is 5.52. The molecular weight excluding hydrogens is 334 g/mol. The number of anilines is 1. The molecule has 6 nitrogen and oxygen atoms in total. The Morgan fingerprint density at radius 1 is 0.923 bits per heavy atom. The Bertz CT molecular complexity index is 836. The number of carbonyl (C=O) groups excluding carboxylic acids is 3. The van der Waals surface area contributed by atoms with Crippen molar-refractivity contribution in [2.75, 3.05) is 19.5 Å². The van der Waals surface area contributed by atoms with Gasteiger partial charge >= 0.3 is 11.9 Å². The first-order chi connectivity index (χ1) is 12.4. The molecule has 0 aromatic heterocycles. The van der Waals surface area contributed by atoms with E-state index in [-0.39, 0.29) is 16.8 Å². The number of ether oxygens (including phenoxy) is 2. The van der Waals surface area contributed by atoms with Crippen LogP contribution in [0.1, 0.15) is 31.8 Å². The van der Waals surface area contributed by atoms with Gasteiger partial charge in [-0.15, -0.1) is 0 Å². The summed E-state index contributed by atoms with van der Waals surface area (Å²) in [7, 11) is 2.46. The lowest BCUT2D eigenvalue weighted by Crippen LogP contribution is -2.12. The van der Waals surface area contributed by atoms with Crippen LogP contribution in [0.2, 0.25) is 0 Å². The van der Waals surface area contributed by atoms with Crippen LogP contribution in [0.15, 0.2) is 48.5 Å². The molecule has 0 aliphatic heterocycles. The number of benzene rings is 2. The minimum Gasteiger partial charge on any atom is -0.465 e. The summed E-state index contributed by atoms with van der Waals surface area (Å²) in [6.45, 7) is 1.96. The lowest BCUT2D eigenvalue weighted by atomic mass is 10.1. The number of amides is 1. The molecule has 0 bridgehead atoms. The normalized spacial score (nSPS) is 10.4. The first kappa shape index (κ1) is 18.9. The molecule has 0 saturated heterocycles. The summed E-state index contributed by atoms with van der Waals surface area (Å²) in [4.78, 5) is 35.7. The molecule has 1 amide bonds. The van der Waals surface area contributed by atoms with Gasteiger partial charge in [-0.2, -0.15) is 0 Å². The predicted octanol–water partition coefficient (Wildman–Crippen LogP) is 3.22. The Labute approximate surface area is 151 Å². The van der Waals surface area contributed by atoms with Gasteiger partial charge in [0, 0.05) is 11.8 Å². The van der Waals surface area contributed by atoms with Gasteiger partial charge in [-0.1, -0.05) is 29.8 Å². The largest absolute Gasteiger partial charge is 0.465 e. The van der Waals surface area contributed by atoms with E-state index in [1.807, 2.05) is 31.2 Å². The number of hydrogen-bond donors (Lipinski definition) is 1. The SMILES string of the molecule is COC(=O)c1cc(NC(=O)C=Cc2cccc(C)c2)cc(C(=O)OC)c1. The highest BCUT2D eigenvalue weighted by Crippen LogP contribution is 2.17. The van der Waals surface area contributed by atoms with Crippen molar-refractivity contribution in [3.8, 4) is 0 Å². The van der Waals surface area contributed by atoms with Gasteiger partial charge in [0.15, 0.2) is 0 Å². The van der Waals surface area contributed by atoms with Crippen LogP contribution < -0.4 is 5.32 Å². The van der Waals surface area contributed by atoms with E-state index >= 15 is 0 Å². The second-order valence-corrected chi connectivity index (χ2v) is 5.52. The maximum atomic E-state index is 12.1. The fourth-order valence-corrected chi connectivity index (χ4v) is 2.30. The molecule has 2 rings (SSSR count). The summed E-state index contributed by atoms with van der Waals surface area (Å²) >= 11 is 0.